The minimum absolute atomic E-state index is 0.0625. The van der Waals surface area contributed by atoms with Gasteiger partial charge in [0.1, 0.15) is 0 Å². The normalized spacial score (nSPS) is 10.6. The molecule has 3 rings (SSSR count). The molecule has 0 aliphatic heterocycles. The number of hydrogen-bond acceptors (Lipinski definition) is 1. The molecule has 0 aliphatic carbocycles. The molecule has 0 saturated heterocycles. The lowest BCUT2D eigenvalue weighted by molar-refractivity contribution is 0.102. The third kappa shape index (κ3) is 2.65. The van der Waals surface area contributed by atoms with Gasteiger partial charge in [-0.25, -0.2) is 0 Å². The van der Waals surface area contributed by atoms with Gasteiger partial charge in [-0.1, -0.05) is 54.1 Å². The highest BCUT2D eigenvalue weighted by molar-refractivity contribution is 6.09. The van der Waals surface area contributed by atoms with Gasteiger partial charge in [0.2, 0.25) is 0 Å². The molecule has 104 valence electrons. The summed E-state index contributed by atoms with van der Waals surface area (Å²) < 4.78 is 0. The van der Waals surface area contributed by atoms with Crippen molar-refractivity contribution in [2.45, 2.75) is 13.8 Å². The second kappa shape index (κ2) is 5.41. The van der Waals surface area contributed by atoms with E-state index in [4.69, 9.17) is 0 Å². The van der Waals surface area contributed by atoms with Crippen molar-refractivity contribution in [3.05, 3.63) is 77.4 Å². The number of fused-ring (bicyclic) bond motifs is 1. The molecule has 3 aromatic rings. The fraction of sp³-hybridized carbons (Fsp3) is 0.105. The van der Waals surface area contributed by atoms with Crippen LogP contribution in [0.3, 0.4) is 0 Å². The molecule has 0 atom stereocenters. The van der Waals surface area contributed by atoms with E-state index in [1.807, 2.05) is 74.5 Å². The average molecular weight is 275 g/mol. The fourth-order valence-electron chi connectivity index (χ4n) is 2.50. The van der Waals surface area contributed by atoms with Crippen LogP contribution in [0.15, 0.2) is 60.7 Å². The Morgan fingerprint density at radius 3 is 2.52 bits per heavy atom. The molecule has 0 saturated carbocycles. The molecule has 0 aromatic heterocycles. The number of anilines is 1. The predicted octanol–water partition coefficient (Wildman–Crippen LogP) is 4.71. The summed E-state index contributed by atoms with van der Waals surface area (Å²) in [7, 11) is 0. The summed E-state index contributed by atoms with van der Waals surface area (Å²) in [5, 5.41) is 5.21. The molecule has 2 heteroatoms. The molecule has 3 aromatic carbocycles. The van der Waals surface area contributed by atoms with Crippen molar-refractivity contribution in [2.75, 3.05) is 5.32 Å². The standard InChI is InChI=1S/C19H17NO/c1-13-10-11-14(2)17(12-13)19(21)20-18-9-5-7-15-6-3-4-8-16(15)18/h3-12H,1-2H3,(H,20,21). The van der Waals surface area contributed by atoms with Crippen LogP contribution in [0.2, 0.25) is 0 Å². The summed E-state index contributed by atoms with van der Waals surface area (Å²) in [5.41, 5.74) is 3.64. The first-order chi connectivity index (χ1) is 10.1. The first kappa shape index (κ1) is 13.4. The first-order valence-electron chi connectivity index (χ1n) is 7.01. The van der Waals surface area contributed by atoms with Gasteiger partial charge in [0.15, 0.2) is 0 Å². The van der Waals surface area contributed by atoms with E-state index in [0.29, 0.717) is 0 Å². The average Bonchev–Trinajstić information content (AvgIpc) is 2.50. The van der Waals surface area contributed by atoms with Crippen LogP contribution in [0, 0.1) is 13.8 Å². The summed E-state index contributed by atoms with van der Waals surface area (Å²) in [6, 6.07) is 19.9. The van der Waals surface area contributed by atoms with Gasteiger partial charge in [0.05, 0.1) is 0 Å². The van der Waals surface area contributed by atoms with Crippen LogP contribution in [0.25, 0.3) is 10.8 Å². The molecule has 21 heavy (non-hydrogen) atoms. The minimum atomic E-state index is -0.0625. The van der Waals surface area contributed by atoms with Gasteiger partial charge < -0.3 is 5.32 Å². The maximum atomic E-state index is 12.5. The third-order valence-electron chi connectivity index (χ3n) is 3.68. The Labute approximate surface area is 124 Å². The first-order valence-corrected chi connectivity index (χ1v) is 7.01. The molecule has 0 bridgehead atoms. The van der Waals surface area contributed by atoms with Crippen LogP contribution in [0.4, 0.5) is 5.69 Å². The summed E-state index contributed by atoms with van der Waals surface area (Å²) in [6.45, 7) is 3.95. The zero-order chi connectivity index (χ0) is 14.8. The summed E-state index contributed by atoms with van der Waals surface area (Å²) >= 11 is 0. The smallest absolute Gasteiger partial charge is 0.255 e. The van der Waals surface area contributed by atoms with Gasteiger partial charge in [-0.05, 0) is 36.9 Å². The monoisotopic (exact) mass is 275 g/mol. The molecular formula is C19H17NO. The lowest BCUT2D eigenvalue weighted by Gasteiger charge is -2.11. The zero-order valence-corrected chi connectivity index (χ0v) is 12.2. The van der Waals surface area contributed by atoms with Gasteiger partial charge >= 0.3 is 0 Å². The summed E-state index contributed by atoms with van der Waals surface area (Å²) in [5.74, 6) is -0.0625. The van der Waals surface area contributed by atoms with Crippen molar-refractivity contribution < 1.29 is 4.79 Å². The van der Waals surface area contributed by atoms with Crippen molar-refractivity contribution in [1.29, 1.82) is 0 Å². The third-order valence-corrected chi connectivity index (χ3v) is 3.68. The maximum Gasteiger partial charge on any atom is 0.255 e. The van der Waals surface area contributed by atoms with E-state index in [1.54, 1.807) is 0 Å². The van der Waals surface area contributed by atoms with Crippen molar-refractivity contribution in [1.82, 2.24) is 0 Å². The number of rotatable bonds is 2. The molecule has 0 heterocycles. The molecule has 0 radical (unpaired) electrons. The van der Waals surface area contributed by atoms with E-state index in [0.717, 1.165) is 33.2 Å². The highest BCUT2D eigenvalue weighted by Gasteiger charge is 2.10. The van der Waals surface area contributed by atoms with Crippen LogP contribution < -0.4 is 5.32 Å². The Kier molecular flexibility index (Phi) is 3.44. The molecule has 0 spiro atoms. The van der Waals surface area contributed by atoms with Crippen molar-refractivity contribution in [3.63, 3.8) is 0 Å². The van der Waals surface area contributed by atoms with Crippen molar-refractivity contribution in [3.8, 4) is 0 Å². The molecule has 1 amide bonds. The van der Waals surface area contributed by atoms with Gasteiger partial charge in [-0.3, -0.25) is 4.79 Å². The molecular weight excluding hydrogens is 258 g/mol. The topological polar surface area (TPSA) is 29.1 Å². The molecule has 0 fully saturated rings. The number of carbonyl (C=O) groups is 1. The highest BCUT2D eigenvalue weighted by atomic mass is 16.1. The Balaban J connectivity index is 1.99. The van der Waals surface area contributed by atoms with Crippen LogP contribution in [0.5, 0.6) is 0 Å². The summed E-state index contributed by atoms with van der Waals surface area (Å²) in [6.07, 6.45) is 0. The second-order valence-corrected chi connectivity index (χ2v) is 5.30. The number of amides is 1. The summed E-state index contributed by atoms with van der Waals surface area (Å²) in [4.78, 5) is 12.5. The largest absolute Gasteiger partial charge is 0.321 e. The van der Waals surface area contributed by atoms with Gasteiger partial charge in [-0.15, -0.1) is 0 Å². The van der Waals surface area contributed by atoms with Crippen LogP contribution in [-0.2, 0) is 0 Å². The Bertz CT molecular complexity index is 815. The lowest BCUT2D eigenvalue weighted by Crippen LogP contribution is -2.13. The predicted molar refractivity (Wildman–Crippen MR) is 87.8 cm³/mol. The van der Waals surface area contributed by atoms with Gasteiger partial charge in [0.25, 0.3) is 5.91 Å². The number of nitrogens with one attached hydrogen (secondary N) is 1. The minimum Gasteiger partial charge on any atom is -0.321 e. The number of aryl methyl sites for hydroxylation is 2. The number of carbonyl (C=O) groups excluding carboxylic acids is 1. The van der Waals surface area contributed by atoms with E-state index < -0.39 is 0 Å². The Morgan fingerprint density at radius 1 is 0.905 bits per heavy atom. The highest BCUT2D eigenvalue weighted by Crippen LogP contribution is 2.24. The molecule has 2 nitrogen and oxygen atoms in total. The zero-order valence-electron chi connectivity index (χ0n) is 12.2. The van der Waals surface area contributed by atoms with Gasteiger partial charge in [0, 0.05) is 16.6 Å². The molecule has 1 N–H and O–H groups in total. The Morgan fingerprint density at radius 2 is 1.67 bits per heavy atom. The molecule has 0 unspecified atom stereocenters. The van der Waals surface area contributed by atoms with Gasteiger partial charge in [-0.2, -0.15) is 0 Å². The lowest BCUT2D eigenvalue weighted by atomic mass is 10.0. The number of benzene rings is 3. The maximum absolute atomic E-state index is 12.5. The van der Waals surface area contributed by atoms with E-state index >= 15 is 0 Å². The van der Waals surface area contributed by atoms with E-state index in [2.05, 4.69) is 5.32 Å². The van der Waals surface area contributed by atoms with Crippen LogP contribution >= 0.6 is 0 Å². The van der Waals surface area contributed by atoms with Crippen molar-refractivity contribution in [2.24, 2.45) is 0 Å². The SMILES string of the molecule is Cc1ccc(C)c(C(=O)Nc2cccc3ccccc23)c1. The van der Waals surface area contributed by atoms with E-state index in [9.17, 15) is 4.79 Å². The van der Waals surface area contributed by atoms with Crippen molar-refractivity contribution >= 4 is 22.4 Å². The van der Waals surface area contributed by atoms with Crippen LogP contribution in [0.1, 0.15) is 21.5 Å². The number of hydrogen-bond donors (Lipinski definition) is 1. The quantitative estimate of drug-likeness (QED) is 0.721. The second-order valence-electron chi connectivity index (χ2n) is 5.30. The van der Waals surface area contributed by atoms with E-state index in [-0.39, 0.29) is 5.91 Å². The van der Waals surface area contributed by atoms with Crippen LogP contribution in [-0.4, -0.2) is 5.91 Å². The molecule has 0 aliphatic rings. The van der Waals surface area contributed by atoms with E-state index in [1.165, 1.54) is 0 Å². The fourth-order valence-corrected chi connectivity index (χ4v) is 2.50. The Hall–Kier alpha value is -2.61.